The molecule has 1 fully saturated rings. The van der Waals surface area contributed by atoms with Gasteiger partial charge in [0, 0.05) is 37.4 Å². The number of aliphatic hydroxyl groups is 1. The summed E-state index contributed by atoms with van der Waals surface area (Å²) in [6.45, 7) is 7.71. The van der Waals surface area contributed by atoms with Crippen LogP contribution in [0.3, 0.4) is 0 Å². The lowest BCUT2D eigenvalue weighted by atomic mass is 9.78. The predicted molar refractivity (Wildman–Crippen MR) is 80.8 cm³/mol. The lowest BCUT2D eigenvalue weighted by Gasteiger charge is -2.42. The maximum atomic E-state index is 11.1. The molecular weight excluding hydrogens is 248 g/mol. The highest BCUT2D eigenvalue weighted by atomic mass is 16.3. The number of aromatic nitrogens is 1. The van der Waals surface area contributed by atoms with E-state index in [4.69, 9.17) is 0 Å². The first-order valence-electron chi connectivity index (χ1n) is 7.97. The summed E-state index contributed by atoms with van der Waals surface area (Å²) in [5, 5.41) is 11.1. The number of aryl methyl sites for hydroxylation is 1. The molecule has 1 aromatic heterocycles. The van der Waals surface area contributed by atoms with Gasteiger partial charge < -0.3 is 10.0 Å². The molecule has 1 saturated heterocycles. The summed E-state index contributed by atoms with van der Waals surface area (Å²) in [6, 6.07) is 4.18. The second-order valence-electron chi connectivity index (χ2n) is 6.94. The molecule has 1 atom stereocenters. The van der Waals surface area contributed by atoms with Crippen LogP contribution in [0.1, 0.15) is 50.3 Å². The largest absolute Gasteiger partial charge is 0.389 e. The van der Waals surface area contributed by atoms with Gasteiger partial charge in [-0.25, -0.2) is 0 Å². The van der Waals surface area contributed by atoms with E-state index in [0.717, 1.165) is 51.0 Å². The Balaban J connectivity index is 1.70. The second-order valence-corrected chi connectivity index (χ2v) is 6.94. The van der Waals surface area contributed by atoms with Gasteiger partial charge in [-0.05, 0) is 43.2 Å². The van der Waals surface area contributed by atoms with E-state index in [1.54, 1.807) is 0 Å². The monoisotopic (exact) mass is 274 g/mol. The summed E-state index contributed by atoms with van der Waals surface area (Å²) in [6.07, 6.45) is 5.79. The Hall–Kier alpha value is -0.930. The topological polar surface area (TPSA) is 36.4 Å². The molecule has 0 radical (unpaired) electrons. The molecule has 3 rings (SSSR count). The van der Waals surface area contributed by atoms with Crippen molar-refractivity contribution in [3.05, 3.63) is 29.6 Å². The maximum absolute atomic E-state index is 11.1. The van der Waals surface area contributed by atoms with Crippen molar-refractivity contribution in [2.45, 2.75) is 51.0 Å². The number of nitrogens with zero attached hydrogens (tertiary/aromatic N) is 2. The van der Waals surface area contributed by atoms with Crippen molar-refractivity contribution in [3.8, 4) is 0 Å². The third-order valence-corrected chi connectivity index (χ3v) is 4.95. The molecule has 2 heterocycles. The van der Waals surface area contributed by atoms with Gasteiger partial charge in [-0.3, -0.25) is 4.98 Å². The molecule has 110 valence electrons. The van der Waals surface area contributed by atoms with Crippen LogP contribution >= 0.6 is 0 Å². The van der Waals surface area contributed by atoms with E-state index in [-0.39, 0.29) is 5.92 Å². The summed E-state index contributed by atoms with van der Waals surface area (Å²) >= 11 is 0. The summed E-state index contributed by atoms with van der Waals surface area (Å²) < 4.78 is 0. The number of pyridine rings is 1. The molecule has 3 heteroatoms. The third-order valence-electron chi connectivity index (χ3n) is 4.95. The van der Waals surface area contributed by atoms with Gasteiger partial charge in [0.15, 0.2) is 0 Å². The first kappa shape index (κ1) is 14.0. The van der Waals surface area contributed by atoms with E-state index in [2.05, 4.69) is 29.8 Å². The van der Waals surface area contributed by atoms with Gasteiger partial charge in [0.05, 0.1) is 5.60 Å². The molecule has 0 amide bonds. The fourth-order valence-corrected chi connectivity index (χ4v) is 3.92. The molecule has 1 N–H and O–H groups in total. The van der Waals surface area contributed by atoms with Crippen molar-refractivity contribution in [3.63, 3.8) is 0 Å². The third kappa shape index (κ3) is 2.61. The summed E-state index contributed by atoms with van der Waals surface area (Å²) in [5.74, 6) is 0.954. The van der Waals surface area contributed by atoms with Gasteiger partial charge in [-0.2, -0.15) is 0 Å². The zero-order valence-electron chi connectivity index (χ0n) is 12.7. The molecule has 0 aromatic carbocycles. The minimum atomic E-state index is -0.535. The fourth-order valence-electron chi connectivity index (χ4n) is 3.92. The van der Waals surface area contributed by atoms with Crippen molar-refractivity contribution < 1.29 is 5.11 Å². The SMILES string of the molecule is CC(C)CN1CCC(O)(C2CCc3cccnc32)CC1. The van der Waals surface area contributed by atoms with Gasteiger partial charge in [-0.1, -0.05) is 19.9 Å². The lowest BCUT2D eigenvalue weighted by Crippen LogP contribution is -2.48. The van der Waals surface area contributed by atoms with Crippen LogP contribution in [0.2, 0.25) is 0 Å². The quantitative estimate of drug-likeness (QED) is 0.920. The molecule has 20 heavy (non-hydrogen) atoms. The van der Waals surface area contributed by atoms with Crippen LogP contribution < -0.4 is 0 Å². The average molecular weight is 274 g/mol. The van der Waals surface area contributed by atoms with Crippen LogP contribution in [-0.2, 0) is 6.42 Å². The molecule has 1 aliphatic carbocycles. The number of rotatable bonds is 3. The summed E-state index contributed by atoms with van der Waals surface area (Å²) in [7, 11) is 0. The number of likely N-dealkylation sites (tertiary alicyclic amines) is 1. The van der Waals surface area contributed by atoms with Gasteiger partial charge >= 0.3 is 0 Å². The fraction of sp³-hybridized carbons (Fsp3) is 0.706. The number of hydrogen-bond donors (Lipinski definition) is 1. The molecule has 0 spiro atoms. The van der Waals surface area contributed by atoms with Crippen molar-refractivity contribution in [2.75, 3.05) is 19.6 Å². The van der Waals surface area contributed by atoms with E-state index in [0.29, 0.717) is 5.92 Å². The van der Waals surface area contributed by atoms with Crippen molar-refractivity contribution >= 4 is 0 Å². The maximum Gasteiger partial charge on any atom is 0.0755 e. The summed E-state index contributed by atoms with van der Waals surface area (Å²) in [4.78, 5) is 7.05. The van der Waals surface area contributed by atoms with E-state index < -0.39 is 5.60 Å². The minimum Gasteiger partial charge on any atom is -0.389 e. The average Bonchev–Trinajstić information content (AvgIpc) is 2.86. The normalized spacial score (nSPS) is 25.9. The highest BCUT2D eigenvalue weighted by Crippen LogP contribution is 2.44. The standard InChI is InChI=1S/C17H26N2O/c1-13(2)12-19-10-7-17(20,8-11-19)15-6-5-14-4-3-9-18-16(14)15/h3-4,9,13,15,20H,5-8,10-12H2,1-2H3. The molecule has 2 aliphatic rings. The Bertz CT molecular complexity index is 464. The molecule has 1 unspecified atom stereocenters. The smallest absolute Gasteiger partial charge is 0.0755 e. The Morgan fingerprint density at radius 1 is 1.40 bits per heavy atom. The lowest BCUT2D eigenvalue weighted by molar-refractivity contribution is -0.0452. The number of fused-ring (bicyclic) bond motifs is 1. The molecule has 3 nitrogen and oxygen atoms in total. The zero-order valence-corrected chi connectivity index (χ0v) is 12.7. The van der Waals surface area contributed by atoms with E-state index >= 15 is 0 Å². The Morgan fingerprint density at radius 2 is 2.15 bits per heavy atom. The first-order valence-corrected chi connectivity index (χ1v) is 7.97. The number of piperidine rings is 1. The highest BCUT2D eigenvalue weighted by Gasteiger charge is 2.43. The summed E-state index contributed by atoms with van der Waals surface area (Å²) in [5.41, 5.74) is 1.97. The second kappa shape index (κ2) is 5.45. The van der Waals surface area contributed by atoms with Gasteiger partial charge in [-0.15, -0.1) is 0 Å². The van der Waals surface area contributed by atoms with Gasteiger partial charge in [0.1, 0.15) is 0 Å². The number of hydrogen-bond acceptors (Lipinski definition) is 3. The highest BCUT2D eigenvalue weighted by molar-refractivity contribution is 5.31. The van der Waals surface area contributed by atoms with Crippen LogP contribution in [0.5, 0.6) is 0 Å². The van der Waals surface area contributed by atoms with Crippen LogP contribution in [0, 0.1) is 5.92 Å². The molecule has 1 aromatic rings. The Morgan fingerprint density at radius 3 is 2.85 bits per heavy atom. The van der Waals surface area contributed by atoms with Crippen LogP contribution in [0.25, 0.3) is 0 Å². The molecule has 1 aliphatic heterocycles. The minimum absolute atomic E-state index is 0.250. The molecule has 0 bridgehead atoms. The Labute approximate surface area is 122 Å². The van der Waals surface area contributed by atoms with Crippen LogP contribution in [-0.4, -0.2) is 40.2 Å². The van der Waals surface area contributed by atoms with E-state index in [9.17, 15) is 5.11 Å². The molecule has 0 saturated carbocycles. The first-order chi connectivity index (χ1) is 9.58. The van der Waals surface area contributed by atoms with Crippen molar-refractivity contribution in [1.82, 2.24) is 9.88 Å². The predicted octanol–water partition coefficient (Wildman–Crippen LogP) is 2.59. The van der Waals surface area contributed by atoms with E-state index in [1.165, 1.54) is 5.56 Å². The van der Waals surface area contributed by atoms with Crippen LogP contribution in [0.4, 0.5) is 0 Å². The van der Waals surface area contributed by atoms with E-state index in [1.807, 2.05) is 12.3 Å². The van der Waals surface area contributed by atoms with Gasteiger partial charge in [0.25, 0.3) is 0 Å². The van der Waals surface area contributed by atoms with Crippen molar-refractivity contribution in [1.29, 1.82) is 0 Å². The van der Waals surface area contributed by atoms with Crippen LogP contribution in [0.15, 0.2) is 18.3 Å². The van der Waals surface area contributed by atoms with Gasteiger partial charge in [0.2, 0.25) is 0 Å². The Kier molecular flexibility index (Phi) is 3.83. The molecular formula is C17H26N2O. The van der Waals surface area contributed by atoms with Crippen molar-refractivity contribution in [2.24, 2.45) is 5.92 Å². The zero-order chi connectivity index (χ0) is 14.2.